The van der Waals surface area contributed by atoms with E-state index in [4.69, 9.17) is 10.5 Å². The van der Waals surface area contributed by atoms with Crippen molar-refractivity contribution >= 4 is 5.69 Å². The Morgan fingerprint density at radius 2 is 2.07 bits per heavy atom. The third-order valence-corrected chi connectivity index (χ3v) is 3.03. The summed E-state index contributed by atoms with van der Waals surface area (Å²) in [5.74, 6) is 1.56. The Bertz CT molecular complexity index is 332. The van der Waals surface area contributed by atoms with Gasteiger partial charge in [-0.15, -0.1) is 0 Å². The van der Waals surface area contributed by atoms with E-state index < -0.39 is 0 Å². The highest BCUT2D eigenvalue weighted by Crippen LogP contribution is 2.33. The number of anilines is 1. The van der Waals surface area contributed by atoms with Gasteiger partial charge >= 0.3 is 0 Å². The molecule has 0 radical (unpaired) electrons. The Morgan fingerprint density at radius 1 is 1.33 bits per heavy atom. The topological polar surface area (TPSA) is 47.3 Å². The molecular formula is C12H18N2O. The van der Waals surface area contributed by atoms with Gasteiger partial charge in [0, 0.05) is 5.69 Å². The van der Waals surface area contributed by atoms with Gasteiger partial charge in [0.25, 0.3) is 0 Å². The summed E-state index contributed by atoms with van der Waals surface area (Å²) in [7, 11) is 1.72. The summed E-state index contributed by atoms with van der Waals surface area (Å²) in [5, 5.41) is 3.36. The molecule has 0 saturated carbocycles. The molecule has 3 heteroatoms. The number of rotatable bonds is 2. The number of hydrogen-bond donors (Lipinski definition) is 2. The third-order valence-electron chi connectivity index (χ3n) is 3.03. The molecule has 0 amide bonds. The van der Waals surface area contributed by atoms with Crippen molar-refractivity contribution in [3.63, 3.8) is 0 Å². The predicted octanol–water partition coefficient (Wildman–Crippen LogP) is 1.74. The van der Waals surface area contributed by atoms with E-state index in [0.29, 0.717) is 5.92 Å². The molecule has 1 heterocycles. The van der Waals surface area contributed by atoms with Gasteiger partial charge in [0.15, 0.2) is 0 Å². The number of nitrogen functional groups attached to an aromatic ring is 1. The van der Waals surface area contributed by atoms with Gasteiger partial charge in [0.1, 0.15) is 5.75 Å². The first-order valence-corrected chi connectivity index (χ1v) is 5.45. The summed E-state index contributed by atoms with van der Waals surface area (Å²) in [4.78, 5) is 0. The summed E-state index contributed by atoms with van der Waals surface area (Å²) in [6.45, 7) is 2.17. The van der Waals surface area contributed by atoms with Gasteiger partial charge in [-0.1, -0.05) is 0 Å². The van der Waals surface area contributed by atoms with Crippen molar-refractivity contribution in [3.8, 4) is 5.75 Å². The minimum Gasteiger partial charge on any atom is -0.496 e. The minimum absolute atomic E-state index is 0.588. The maximum Gasteiger partial charge on any atom is 0.122 e. The largest absolute Gasteiger partial charge is 0.496 e. The number of piperidine rings is 1. The van der Waals surface area contributed by atoms with Crippen LogP contribution in [0.2, 0.25) is 0 Å². The van der Waals surface area contributed by atoms with E-state index in [2.05, 4.69) is 11.4 Å². The fraction of sp³-hybridized carbons (Fsp3) is 0.500. The maximum absolute atomic E-state index is 5.82. The molecular weight excluding hydrogens is 188 g/mol. The molecule has 1 aromatic carbocycles. The zero-order valence-electron chi connectivity index (χ0n) is 9.12. The molecule has 1 aliphatic rings. The molecule has 0 aromatic heterocycles. The SMILES string of the molecule is COc1ccc(N)cc1C1CCNCC1. The maximum atomic E-state index is 5.82. The predicted molar refractivity (Wildman–Crippen MR) is 62.3 cm³/mol. The van der Waals surface area contributed by atoms with Gasteiger partial charge in [0.05, 0.1) is 7.11 Å². The van der Waals surface area contributed by atoms with Crippen LogP contribution in [-0.4, -0.2) is 20.2 Å². The van der Waals surface area contributed by atoms with Crippen LogP contribution in [0.3, 0.4) is 0 Å². The highest BCUT2D eigenvalue weighted by atomic mass is 16.5. The summed E-state index contributed by atoms with van der Waals surface area (Å²) in [5.41, 5.74) is 7.90. The molecule has 82 valence electrons. The highest BCUT2D eigenvalue weighted by Gasteiger charge is 2.18. The van der Waals surface area contributed by atoms with Crippen LogP contribution in [0.1, 0.15) is 24.3 Å². The van der Waals surface area contributed by atoms with Crippen molar-refractivity contribution in [2.75, 3.05) is 25.9 Å². The minimum atomic E-state index is 0.588. The second kappa shape index (κ2) is 4.53. The average Bonchev–Trinajstić information content (AvgIpc) is 2.30. The lowest BCUT2D eigenvalue weighted by Crippen LogP contribution is -2.26. The van der Waals surface area contributed by atoms with Crippen LogP contribution in [0.4, 0.5) is 5.69 Å². The lowest BCUT2D eigenvalue weighted by molar-refractivity contribution is 0.392. The molecule has 0 aliphatic carbocycles. The number of benzene rings is 1. The molecule has 0 unspecified atom stereocenters. The monoisotopic (exact) mass is 206 g/mol. The molecule has 1 saturated heterocycles. The van der Waals surface area contributed by atoms with E-state index in [1.165, 1.54) is 18.4 Å². The Balaban J connectivity index is 2.27. The Hall–Kier alpha value is -1.22. The smallest absolute Gasteiger partial charge is 0.122 e. The number of hydrogen-bond acceptors (Lipinski definition) is 3. The molecule has 0 spiro atoms. The van der Waals surface area contributed by atoms with Crippen molar-refractivity contribution in [1.29, 1.82) is 0 Å². The standard InChI is InChI=1S/C12H18N2O/c1-15-12-3-2-10(13)8-11(12)9-4-6-14-7-5-9/h2-3,8-9,14H,4-7,13H2,1H3. The Morgan fingerprint density at radius 3 is 2.73 bits per heavy atom. The van der Waals surface area contributed by atoms with Crippen LogP contribution >= 0.6 is 0 Å². The molecule has 3 N–H and O–H groups in total. The van der Waals surface area contributed by atoms with Gasteiger partial charge in [0.2, 0.25) is 0 Å². The summed E-state index contributed by atoms with van der Waals surface area (Å²) < 4.78 is 5.38. The fourth-order valence-electron chi connectivity index (χ4n) is 2.20. The Labute approximate surface area is 90.6 Å². The molecule has 3 nitrogen and oxygen atoms in total. The summed E-state index contributed by atoms with van der Waals surface area (Å²) in [6, 6.07) is 5.91. The van der Waals surface area contributed by atoms with Crippen LogP contribution < -0.4 is 15.8 Å². The van der Waals surface area contributed by atoms with Crippen LogP contribution in [-0.2, 0) is 0 Å². The average molecular weight is 206 g/mol. The van der Waals surface area contributed by atoms with Gasteiger partial charge in [-0.05, 0) is 55.6 Å². The summed E-state index contributed by atoms with van der Waals surface area (Å²) in [6.07, 6.45) is 2.33. The molecule has 1 fully saturated rings. The van der Waals surface area contributed by atoms with Gasteiger partial charge in [-0.25, -0.2) is 0 Å². The van der Waals surface area contributed by atoms with Crippen LogP contribution in [0.15, 0.2) is 18.2 Å². The second-order valence-corrected chi connectivity index (χ2v) is 4.03. The Kier molecular flexibility index (Phi) is 3.11. The van der Waals surface area contributed by atoms with E-state index in [1.54, 1.807) is 7.11 Å². The number of nitrogens with one attached hydrogen (secondary N) is 1. The van der Waals surface area contributed by atoms with Crippen LogP contribution in [0, 0.1) is 0 Å². The van der Waals surface area contributed by atoms with Crippen molar-refractivity contribution in [2.45, 2.75) is 18.8 Å². The van der Waals surface area contributed by atoms with Gasteiger partial charge in [-0.3, -0.25) is 0 Å². The lowest BCUT2D eigenvalue weighted by Gasteiger charge is -2.24. The van der Waals surface area contributed by atoms with E-state index in [1.807, 2.05) is 12.1 Å². The molecule has 0 atom stereocenters. The zero-order chi connectivity index (χ0) is 10.7. The van der Waals surface area contributed by atoms with E-state index in [9.17, 15) is 0 Å². The van der Waals surface area contributed by atoms with Crippen molar-refractivity contribution in [1.82, 2.24) is 5.32 Å². The normalized spacial score (nSPS) is 17.7. The number of methoxy groups -OCH3 is 1. The van der Waals surface area contributed by atoms with E-state index in [-0.39, 0.29) is 0 Å². The van der Waals surface area contributed by atoms with Crippen molar-refractivity contribution in [2.24, 2.45) is 0 Å². The van der Waals surface area contributed by atoms with Gasteiger partial charge in [-0.2, -0.15) is 0 Å². The fourth-order valence-corrected chi connectivity index (χ4v) is 2.20. The quantitative estimate of drug-likeness (QED) is 0.725. The molecule has 2 rings (SSSR count). The summed E-state index contributed by atoms with van der Waals surface area (Å²) >= 11 is 0. The zero-order valence-corrected chi connectivity index (χ0v) is 9.12. The van der Waals surface area contributed by atoms with Crippen LogP contribution in [0.25, 0.3) is 0 Å². The first-order valence-electron chi connectivity index (χ1n) is 5.45. The first kappa shape index (κ1) is 10.3. The second-order valence-electron chi connectivity index (χ2n) is 4.03. The van der Waals surface area contributed by atoms with E-state index >= 15 is 0 Å². The van der Waals surface area contributed by atoms with Gasteiger partial charge < -0.3 is 15.8 Å². The van der Waals surface area contributed by atoms with E-state index in [0.717, 1.165) is 24.5 Å². The number of ether oxygens (including phenoxy) is 1. The van der Waals surface area contributed by atoms with Crippen molar-refractivity contribution < 1.29 is 4.74 Å². The van der Waals surface area contributed by atoms with Crippen LogP contribution in [0.5, 0.6) is 5.75 Å². The molecule has 1 aliphatic heterocycles. The molecule has 1 aromatic rings. The number of nitrogens with two attached hydrogens (primary N) is 1. The van der Waals surface area contributed by atoms with Crippen molar-refractivity contribution in [3.05, 3.63) is 23.8 Å². The molecule has 0 bridgehead atoms. The highest BCUT2D eigenvalue weighted by molar-refractivity contribution is 5.49. The third kappa shape index (κ3) is 2.23. The first-order chi connectivity index (χ1) is 7.31. The lowest BCUT2D eigenvalue weighted by atomic mass is 9.89. The molecule has 15 heavy (non-hydrogen) atoms.